The summed E-state index contributed by atoms with van der Waals surface area (Å²) in [6.45, 7) is 2.50. The Hall–Kier alpha value is -2.04. The van der Waals surface area contributed by atoms with E-state index in [0.29, 0.717) is 17.5 Å². The van der Waals surface area contributed by atoms with Crippen molar-refractivity contribution in [3.63, 3.8) is 0 Å². The molecule has 2 rings (SSSR count). The molecule has 1 aromatic heterocycles. The number of carbonyl (C=O) groups is 1. The summed E-state index contributed by atoms with van der Waals surface area (Å²) in [5, 5.41) is 9.37. The predicted octanol–water partition coefficient (Wildman–Crippen LogP) is 0.987. The lowest BCUT2D eigenvalue weighted by Gasteiger charge is -2.04. The van der Waals surface area contributed by atoms with E-state index in [1.807, 2.05) is 6.92 Å². The first-order chi connectivity index (χ1) is 8.04. The Morgan fingerprint density at radius 3 is 2.71 bits per heavy atom. The summed E-state index contributed by atoms with van der Waals surface area (Å²) in [5.41, 5.74) is 1.44. The van der Waals surface area contributed by atoms with Crippen molar-refractivity contribution in [2.45, 2.75) is 19.9 Å². The number of hydrogen-bond donors (Lipinski definition) is 1. The molecule has 0 saturated heterocycles. The molecule has 0 atom stereocenters. The van der Waals surface area contributed by atoms with Crippen LogP contribution in [0.5, 0.6) is 0 Å². The van der Waals surface area contributed by atoms with E-state index < -0.39 is 5.97 Å². The lowest BCUT2D eigenvalue weighted by molar-refractivity contribution is -0.136. The zero-order valence-corrected chi connectivity index (χ0v) is 9.80. The number of rotatable bonds is 3. The van der Waals surface area contributed by atoms with Gasteiger partial charge in [0.05, 0.1) is 17.3 Å². The first-order valence-electron chi connectivity index (χ1n) is 5.44. The van der Waals surface area contributed by atoms with Gasteiger partial charge in [0.1, 0.15) is 0 Å². The molecule has 2 aromatic rings. The summed E-state index contributed by atoms with van der Waals surface area (Å²) < 4.78 is 3.39. The minimum absolute atomic E-state index is 0.0264. The molecule has 1 aromatic carbocycles. The Kier molecular flexibility index (Phi) is 2.75. The molecule has 0 saturated carbocycles. The molecule has 0 aliphatic carbocycles. The first-order valence-corrected chi connectivity index (χ1v) is 5.44. The summed E-state index contributed by atoms with van der Waals surface area (Å²) in [6, 6.07) is 5.15. The van der Waals surface area contributed by atoms with Crippen LogP contribution in [0.3, 0.4) is 0 Å². The maximum atomic E-state index is 11.9. The van der Waals surface area contributed by atoms with Gasteiger partial charge in [-0.25, -0.2) is 0 Å². The minimum Gasteiger partial charge on any atom is -0.481 e. The van der Waals surface area contributed by atoms with Crippen LogP contribution in [0.1, 0.15) is 12.5 Å². The molecule has 90 valence electrons. The summed E-state index contributed by atoms with van der Waals surface area (Å²) in [7, 11) is 1.80. The SMILES string of the molecule is CCn1c(=O)c2ccc(CC(=O)O)cc2n1C. The van der Waals surface area contributed by atoms with Crippen molar-refractivity contribution in [2.24, 2.45) is 7.05 Å². The van der Waals surface area contributed by atoms with E-state index in [-0.39, 0.29) is 12.0 Å². The summed E-state index contributed by atoms with van der Waals surface area (Å²) in [4.78, 5) is 22.6. The molecule has 0 aliphatic rings. The van der Waals surface area contributed by atoms with Crippen LogP contribution in [-0.2, 0) is 24.8 Å². The number of hydrogen-bond acceptors (Lipinski definition) is 2. The fraction of sp³-hybridized carbons (Fsp3) is 0.333. The number of aromatic nitrogens is 2. The Labute approximate surface area is 97.9 Å². The van der Waals surface area contributed by atoms with Crippen LogP contribution < -0.4 is 5.56 Å². The number of carboxylic acids is 1. The highest BCUT2D eigenvalue weighted by Crippen LogP contribution is 2.13. The Bertz CT molecular complexity index is 637. The molecule has 5 nitrogen and oxygen atoms in total. The third-order valence-corrected chi connectivity index (χ3v) is 2.89. The lowest BCUT2D eigenvalue weighted by Crippen LogP contribution is -2.19. The smallest absolute Gasteiger partial charge is 0.307 e. The highest BCUT2D eigenvalue weighted by molar-refractivity contribution is 5.81. The van der Waals surface area contributed by atoms with Crippen LogP contribution in [0, 0.1) is 0 Å². The molecule has 17 heavy (non-hydrogen) atoms. The van der Waals surface area contributed by atoms with E-state index in [1.54, 1.807) is 34.6 Å². The molecule has 0 aliphatic heterocycles. The minimum atomic E-state index is -0.871. The number of aryl methyl sites for hydroxylation is 1. The number of benzene rings is 1. The van der Waals surface area contributed by atoms with Gasteiger partial charge in [0.2, 0.25) is 0 Å². The van der Waals surface area contributed by atoms with Gasteiger partial charge in [0, 0.05) is 13.6 Å². The van der Waals surface area contributed by atoms with Gasteiger partial charge in [-0.1, -0.05) is 6.07 Å². The van der Waals surface area contributed by atoms with Gasteiger partial charge < -0.3 is 5.11 Å². The quantitative estimate of drug-likeness (QED) is 0.861. The van der Waals surface area contributed by atoms with Crippen LogP contribution in [0.15, 0.2) is 23.0 Å². The standard InChI is InChI=1S/C12H14N2O3/c1-3-14-12(17)9-5-4-8(7-11(15)16)6-10(9)13(14)2/h4-6H,3,7H2,1-2H3,(H,15,16). The van der Waals surface area contributed by atoms with E-state index in [0.717, 1.165) is 5.52 Å². The predicted molar refractivity (Wildman–Crippen MR) is 64.2 cm³/mol. The van der Waals surface area contributed by atoms with E-state index >= 15 is 0 Å². The van der Waals surface area contributed by atoms with Gasteiger partial charge in [-0.05, 0) is 24.6 Å². The molecular formula is C12H14N2O3. The molecule has 5 heteroatoms. The highest BCUT2D eigenvalue weighted by Gasteiger charge is 2.10. The van der Waals surface area contributed by atoms with Crippen molar-refractivity contribution in [3.05, 3.63) is 34.1 Å². The van der Waals surface area contributed by atoms with Gasteiger partial charge in [-0.15, -0.1) is 0 Å². The second-order valence-corrected chi connectivity index (χ2v) is 3.97. The number of aliphatic carboxylic acids is 1. The maximum absolute atomic E-state index is 11.9. The summed E-state index contributed by atoms with van der Waals surface area (Å²) >= 11 is 0. The summed E-state index contributed by atoms with van der Waals surface area (Å²) in [5.74, 6) is -0.871. The topological polar surface area (TPSA) is 64.2 Å². The Balaban J connectivity index is 2.66. The van der Waals surface area contributed by atoms with E-state index in [1.165, 1.54) is 0 Å². The Morgan fingerprint density at radius 2 is 2.12 bits per heavy atom. The molecule has 1 N–H and O–H groups in total. The van der Waals surface area contributed by atoms with Crippen LogP contribution in [0.2, 0.25) is 0 Å². The van der Waals surface area contributed by atoms with Crippen molar-refractivity contribution in [3.8, 4) is 0 Å². The van der Waals surface area contributed by atoms with Gasteiger partial charge in [-0.2, -0.15) is 0 Å². The van der Waals surface area contributed by atoms with Gasteiger partial charge in [0.25, 0.3) is 5.56 Å². The molecule has 0 radical (unpaired) electrons. The van der Waals surface area contributed by atoms with E-state index in [9.17, 15) is 9.59 Å². The second kappa shape index (κ2) is 4.08. The number of carboxylic acid groups (broad SMARTS) is 1. The van der Waals surface area contributed by atoms with Crippen molar-refractivity contribution >= 4 is 16.9 Å². The second-order valence-electron chi connectivity index (χ2n) is 3.97. The Morgan fingerprint density at radius 1 is 1.41 bits per heavy atom. The zero-order chi connectivity index (χ0) is 12.6. The average molecular weight is 234 g/mol. The van der Waals surface area contributed by atoms with E-state index in [4.69, 9.17) is 5.11 Å². The molecule has 1 heterocycles. The van der Waals surface area contributed by atoms with Crippen molar-refractivity contribution in [1.82, 2.24) is 9.36 Å². The zero-order valence-electron chi connectivity index (χ0n) is 9.80. The molecular weight excluding hydrogens is 220 g/mol. The van der Waals surface area contributed by atoms with Crippen molar-refractivity contribution in [1.29, 1.82) is 0 Å². The van der Waals surface area contributed by atoms with Crippen LogP contribution in [0.4, 0.5) is 0 Å². The fourth-order valence-electron chi connectivity index (χ4n) is 2.07. The van der Waals surface area contributed by atoms with Crippen LogP contribution in [-0.4, -0.2) is 20.4 Å². The fourth-order valence-corrected chi connectivity index (χ4v) is 2.07. The third kappa shape index (κ3) is 1.84. The third-order valence-electron chi connectivity index (χ3n) is 2.89. The average Bonchev–Trinajstić information content (AvgIpc) is 2.50. The largest absolute Gasteiger partial charge is 0.481 e. The summed E-state index contributed by atoms with van der Waals surface area (Å²) in [6.07, 6.45) is -0.0264. The van der Waals surface area contributed by atoms with Gasteiger partial charge in [-0.3, -0.25) is 19.0 Å². The molecule has 0 fully saturated rings. The van der Waals surface area contributed by atoms with Crippen LogP contribution in [0.25, 0.3) is 10.9 Å². The van der Waals surface area contributed by atoms with Crippen molar-refractivity contribution in [2.75, 3.05) is 0 Å². The molecule has 0 unspecified atom stereocenters. The normalized spacial score (nSPS) is 10.9. The van der Waals surface area contributed by atoms with Crippen molar-refractivity contribution < 1.29 is 9.90 Å². The van der Waals surface area contributed by atoms with E-state index in [2.05, 4.69) is 0 Å². The maximum Gasteiger partial charge on any atom is 0.307 e. The lowest BCUT2D eigenvalue weighted by atomic mass is 10.1. The number of nitrogens with zero attached hydrogens (tertiary/aromatic N) is 2. The molecule has 0 bridgehead atoms. The molecule has 0 spiro atoms. The van der Waals surface area contributed by atoms with Gasteiger partial charge >= 0.3 is 5.97 Å². The molecule has 0 amide bonds. The van der Waals surface area contributed by atoms with Gasteiger partial charge in [0.15, 0.2) is 0 Å². The highest BCUT2D eigenvalue weighted by atomic mass is 16.4. The number of fused-ring (bicyclic) bond motifs is 1. The van der Waals surface area contributed by atoms with Crippen LogP contribution >= 0.6 is 0 Å². The first kappa shape index (κ1) is 11.4. The monoisotopic (exact) mass is 234 g/mol.